The summed E-state index contributed by atoms with van der Waals surface area (Å²) in [6, 6.07) is 7.40. The number of likely N-dealkylation sites (tertiary alicyclic amines) is 1. The molecule has 0 aromatic heterocycles. The van der Waals surface area contributed by atoms with Crippen LogP contribution in [-0.4, -0.2) is 73.2 Å². The highest BCUT2D eigenvalue weighted by molar-refractivity contribution is 7.89. The van der Waals surface area contributed by atoms with Crippen molar-refractivity contribution in [2.45, 2.75) is 128 Å². The van der Waals surface area contributed by atoms with Gasteiger partial charge in [0.05, 0.1) is 42.4 Å². The van der Waals surface area contributed by atoms with E-state index in [9.17, 15) is 18.0 Å². The number of para-hydroxylation sites is 1. The summed E-state index contributed by atoms with van der Waals surface area (Å²) in [5, 5.41) is 0. The van der Waals surface area contributed by atoms with Crippen LogP contribution >= 0.6 is 0 Å². The number of esters is 1. The third-order valence-electron chi connectivity index (χ3n) is 8.39. The smallest absolute Gasteiger partial charge is 0.410 e. The van der Waals surface area contributed by atoms with Crippen LogP contribution in [0.5, 0.6) is 5.75 Å². The Hall–Kier alpha value is -2.63. The molecule has 3 fully saturated rings. The van der Waals surface area contributed by atoms with E-state index >= 15 is 0 Å². The molecule has 0 bridgehead atoms. The second kappa shape index (κ2) is 13.8. The highest BCUT2D eigenvalue weighted by Crippen LogP contribution is 2.40. The number of amides is 1. The van der Waals surface area contributed by atoms with Gasteiger partial charge in [-0.3, -0.25) is 0 Å². The summed E-state index contributed by atoms with van der Waals surface area (Å²) in [4.78, 5) is 27.0. The molecule has 1 spiro atoms. The lowest BCUT2D eigenvalue weighted by atomic mass is 9.78. The highest BCUT2D eigenvalue weighted by Gasteiger charge is 2.51. The van der Waals surface area contributed by atoms with Gasteiger partial charge in [-0.25, -0.2) is 22.7 Å². The highest BCUT2D eigenvalue weighted by atomic mass is 32.2. The Morgan fingerprint density at radius 3 is 2.30 bits per heavy atom. The molecule has 2 saturated heterocycles. The molecule has 4 rings (SSSR count). The number of hydrogen-bond donors (Lipinski definition) is 1. The van der Waals surface area contributed by atoms with E-state index in [1.165, 1.54) is 12.3 Å². The van der Waals surface area contributed by atoms with Crippen molar-refractivity contribution in [3.8, 4) is 5.75 Å². The van der Waals surface area contributed by atoms with Crippen LogP contribution in [0.3, 0.4) is 0 Å². The summed E-state index contributed by atoms with van der Waals surface area (Å²) < 4.78 is 51.8. The number of piperidine rings is 1. The van der Waals surface area contributed by atoms with Gasteiger partial charge in [-0.2, -0.15) is 0 Å². The van der Waals surface area contributed by atoms with Crippen molar-refractivity contribution < 1.29 is 37.0 Å². The van der Waals surface area contributed by atoms with Crippen LogP contribution in [0.4, 0.5) is 4.79 Å². The summed E-state index contributed by atoms with van der Waals surface area (Å²) in [5.74, 6) is 0.614. The van der Waals surface area contributed by atoms with E-state index in [0.29, 0.717) is 38.0 Å². The van der Waals surface area contributed by atoms with Crippen molar-refractivity contribution >= 4 is 22.1 Å². The van der Waals surface area contributed by atoms with Crippen LogP contribution in [0.25, 0.3) is 0 Å². The first kappa shape index (κ1) is 34.2. The van der Waals surface area contributed by atoms with E-state index in [1.807, 2.05) is 59.7 Å². The average molecular weight is 635 g/mol. The van der Waals surface area contributed by atoms with Crippen LogP contribution in [0.1, 0.15) is 104 Å². The first-order valence-electron chi connectivity index (χ1n) is 15.8. The molecule has 2 heterocycles. The number of carbonyl (C=O) groups is 2. The molecule has 2 unspecified atom stereocenters. The second-order valence-corrected chi connectivity index (χ2v) is 16.1. The Morgan fingerprint density at radius 1 is 0.977 bits per heavy atom. The topological polar surface area (TPSA) is 120 Å². The van der Waals surface area contributed by atoms with Gasteiger partial charge in [-0.1, -0.05) is 18.2 Å². The molecular weight excluding hydrogens is 584 g/mol. The predicted octanol–water partition coefficient (Wildman–Crippen LogP) is 5.82. The molecule has 2 atom stereocenters. The number of ether oxygens (including phenoxy) is 4. The predicted molar refractivity (Wildman–Crippen MR) is 168 cm³/mol. The minimum Gasteiger partial charge on any atom is -0.464 e. The summed E-state index contributed by atoms with van der Waals surface area (Å²) in [5.41, 5.74) is -0.912. The fourth-order valence-electron chi connectivity index (χ4n) is 6.57. The normalized spacial score (nSPS) is 27.7. The SMILES string of the molecule is CC(C)(C)OC(=O)/C=C/Oc1ccccc1C1CCC(OCC2N(C(=O)OC(C)(C)C)CCCC23CCCS(=O)(=O)N3)CC1. The van der Waals surface area contributed by atoms with Crippen LogP contribution in [0.15, 0.2) is 36.6 Å². The molecule has 1 saturated carbocycles. The van der Waals surface area contributed by atoms with Crippen molar-refractivity contribution in [3.05, 3.63) is 42.2 Å². The molecular formula is C33H50N2O8S. The summed E-state index contributed by atoms with van der Waals surface area (Å²) in [6.45, 7) is 11.7. The molecule has 10 nitrogen and oxygen atoms in total. The van der Waals surface area contributed by atoms with E-state index < -0.39 is 44.9 Å². The van der Waals surface area contributed by atoms with Crippen molar-refractivity contribution in [2.24, 2.45) is 0 Å². The van der Waals surface area contributed by atoms with E-state index in [0.717, 1.165) is 31.2 Å². The van der Waals surface area contributed by atoms with Crippen LogP contribution < -0.4 is 9.46 Å². The van der Waals surface area contributed by atoms with Crippen LogP contribution in [0.2, 0.25) is 0 Å². The van der Waals surface area contributed by atoms with E-state index in [1.54, 1.807) is 4.90 Å². The molecule has 2 aliphatic heterocycles. The summed E-state index contributed by atoms with van der Waals surface area (Å²) in [6.07, 6.45) is 8.20. The Bertz CT molecular complexity index is 1290. The maximum absolute atomic E-state index is 13.3. The molecule has 1 aromatic rings. The van der Waals surface area contributed by atoms with Gasteiger partial charge in [-0.15, -0.1) is 0 Å². The van der Waals surface area contributed by atoms with Gasteiger partial charge < -0.3 is 23.8 Å². The molecule has 44 heavy (non-hydrogen) atoms. The number of nitrogens with zero attached hydrogens (tertiary/aromatic N) is 1. The van der Waals surface area contributed by atoms with Crippen molar-refractivity contribution in [3.63, 3.8) is 0 Å². The Balaban J connectivity index is 1.40. The van der Waals surface area contributed by atoms with Gasteiger partial charge in [0.1, 0.15) is 17.0 Å². The summed E-state index contributed by atoms with van der Waals surface area (Å²) in [7, 11) is -3.44. The molecule has 1 aromatic carbocycles. The Morgan fingerprint density at radius 2 is 1.64 bits per heavy atom. The number of hydrogen-bond acceptors (Lipinski definition) is 8. The number of rotatable bonds is 7. The first-order chi connectivity index (χ1) is 20.6. The molecule has 1 aliphatic carbocycles. The first-order valence-corrected chi connectivity index (χ1v) is 17.5. The molecule has 0 radical (unpaired) electrons. The Labute approximate surface area is 262 Å². The number of sulfonamides is 1. The number of nitrogens with one attached hydrogen (secondary N) is 1. The van der Waals surface area contributed by atoms with Crippen LogP contribution in [0, 0.1) is 0 Å². The maximum Gasteiger partial charge on any atom is 0.410 e. The average Bonchev–Trinajstić information content (AvgIpc) is 2.90. The van der Waals surface area contributed by atoms with E-state index in [4.69, 9.17) is 18.9 Å². The van der Waals surface area contributed by atoms with E-state index in [-0.39, 0.29) is 24.4 Å². The van der Waals surface area contributed by atoms with Gasteiger partial charge in [0.15, 0.2) is 0 Å². The molecule has 246 valence electrons. The standard InChI is InChI=1S/C33H50N2O8S/c1-31(2,3)42-29(36)17-21-40-27-12-8-7-11-26(27)24-13-15-25(16-14-24)41-23-28-33(19-10-22-44(38,39)34-33)18-9-20-35(28)30(37)43-32(4,5)6/h7-8,11-12,17,21,24-25,28,34H,9-10,13-16,18-20,22-23H2,1-6H3/b21-17+. The molecule has 11 heteroatoms. The number of benzene rings is 1. The molecule has 1 amide bonds. The van der Waals surface area contributed by atoms with Gasteiger partial charge in [0.2, 0.25) is 10.0 Å². The van der Waals surface area contributed by atoms with Gasteiger partial charge >= 0.3 is 12.1 Å². The van der Waals surface area contributed by atoms with E-state index in [2.05, 4.69) is 10.8 Å². The molecule has 3 aliphatic rings. The fourth-order valence-corrected chi connectivity index (χ4v) is 8.15. The zero-order valence-electron chi connectivity index (χ0n) is 27.1. The lowest BCUT2D eigenvalue weighted by Gasteiger charge is -2.51. The summed E-state index contributed by atoms with van der Waals surface area (Å²) >= 11 is 0. The lowest BCUT2D eigenvalue weighted by Crippen LogP contribution is -2.69. The van der Waals surface area contributed by atoms with Gasteiger partial charge in [0, 0.05) is 6.54 Å². The quantitative estimate of drug-likeness (QED) is 0.227. The molecule has 1 N–H and O–H groups in total. The third-order valence-corrected chi connectivity index (χ3v) is 9.93. The van der Waals surface area contributed by atoms with Gasteiger partial charge in [0.25, 0.3) is 0 Å². The van der Waals surface area contributed by atoms with Crippen molar-refractivity contribution in [2.75, 3.05) is 18.9 Å². The third kappa shape index (κ3) is 9.44. The van der Waals surface area contributed by atoms with Crippen LogP contribution in [-0.2, 0) is 29.0 Å². The maximum atomic E-state index is 13.3. The minimum atomic E-state index is -3.44. The Kier molecular flexibility index (Phi) is 10.7. The lowest BCUT2D eigenvalue weighted by molar-refractivity contribution is -0.148. The second-order valence-electron chi connectivity index (χ2n) is 14.3. The van der Waals surface area contributed by atoms with Crippen molar-refractivity contribution in [1.29, 1.82) is 0 Å². The minimum absolute atomic E-state index is 0.00828. The monoisotopic (exact) mass is 634 g/mol. The largest absolute Gasteiger partial charge is 0.464 e. The number of carbonyl (C=O) groups excluding carboxylic acids is 2. The zero-order chi connectivity index (χ0) is 32.2. The fraction of sp³-hybridized carbons (Fsp3) is 0.697. The van der Waals surface area contributed by atoms with Crippen molar-refractivity contribution in [1.82, 2.24) is 9.62 Å². The van der Waals surface area contributed by atoms with Gasteiger partial charge in [-0.05, 0) is 110 Å². The zero-order valence-corrected chi connectivity index (χ0v) is 27.9.